The van der Waals surface area contributed by atoms with Gasteiger partial charge in [0.1, 0.15) is 5.82 Å². The molecule has 0 aliphatic rings. The number of H-pyrrole nitrogens is 1. The SMILES string of the molecule is O=[N+]([O-])c1cccc(/C=N/n2c(-c3ccccc3F)n[nH]c2=S)c1. The van der Waals surface area contributed by atoms with Crippen molar-refractivity contribution in [3.8, 4) is 11.4 Å². The van der Waals surface area contributed by atoms with Gasteiger partial charge in [0.15, 0.2) is 5.82 Å². The average molecular weight is 343 g/mol. The molecule has 0 saturated carbocycles. The van der Waals surface area contributed by atoms with Crippen LogP contribution in [0.4, 0.5) is 10.1 Å². The first-order chi connectivity index (χ1) is 11.6. The highest BCUT2D eigenvalue weighted by Crippen LogP contribution is 2.20. The molecule has 9 heteroatoms. The Labute approximate surface area is 140 Å². The molecule has 1 heterocycles. The number of benzene rings is 2. The molecule has 3 rings (SSSR count). The molecule has 120 valence electrons. The molecule has 1 N–H and O–H groups in total. The Morgan fingerprint density at radius 1 is 1.29 bits per heavy atom. The molecule has 24 heavy (non-hydrogen) atoms. The second kappa shape index (κ2) is 6.50. The minimum absolute atomic E-state index is 0.0518. The predicted octanol–water partition coefficient (Wildman–Crippen LogP) is 3.54. The number of aromatic nitrogens is 3. The van der Waals surface area contributed by atoms with E-state index in [-0.39, 0.29) is 21.8 Å². The number of aromatic amines is 1. The molecule has 0 aliphatic carbocycles. The van der Waals surface area contributed by atoms with Gasteiger partial charge < -0.3 is 0 Å². The Kier molecular flexibility index (Phi) is 4.25. The lowest BCUT2D eigenvalue weighted by Crippen LogP contribution is -1.97. The lowest BCUT2D eigenvalue weighted by atomic mass is 10.2. The second-order valence-electron chi connectivity index (χ2n) is 4.74. The van der Waals surface area contributed by atoms with Crippen LogP contribution >= 0.6 is 12.2 Å². The number of non-ortho nitro benzene ring substituents is 1. The van der Waals surface area contributed by atoms with Crippen LogP contribution in [0.1, 0.15) is 5.56 Å². The van der Waals surface area contributed by atoms with E-state index in [1.165, 1.54) is 29.1 Å². The van der Waals surface area contributed by atoms with Crippen molar-refractivity contribution >= 4 is 24.1 Å². The van der Waals surface area contributed by atoms with Gasteiger partial charge >= 0.3 is 0 Å². The topological polar surface area (TPSA) is 89.1 Å². The van der Waals surface area contributed by atoms with Gasteiger partial charge in [-0.25, -0.2) is 9.49 Å². The van der Waals surface area contributed by atoms with Crippen molar-refractivity contribution in [2.45, 2.75) is 0 Å². The van der Waals surface area contributed by atoms with Crippen molar-refractivity contribution < 1.29 is 9.31 Å². The van der Waals surface area contributed by atoms with Gasteiger partial charge in [0.05, 0.1) is 16.7 Å². The zero-order valence-corrected chi connectivity index (χ0v) is 12.9. The number of nitro groups is 1. The van der Waals surface area contributed by atoms with E-state index in [4.69, 9.17) is 12.2 Å². The summed E-state index contributed by atoms with van der Waals surface area (Å²) in [5, 5.41) is 21.5. The number of nitrogens with zero attached hydrogens (tertiary/aromatic N) is 4. The molecular weight excluding hydrogens is 333 g/mol. The van der Waals surface area contributed by atoms with Crippen molar-refractivity contribution in [2.75, 3.05) is 0 Å². The molecule has 1 aromatic heterocycles. The first-order valence-corrected chi connectivity index (χ1v) is 7.18. The minimum Gasteiger partial charge on any atom is -0.258 e. The number of rotatable bonds is 4. The molecule has 3 aromatic rings. The van der Waals surface area contributed by atoms with E-state index in [1.807, 2.05) is 0 Å². The number of nitro benzene ring substituents is 1. The van der Waals surface area contributed by atoms with E-state index in [2.05, 4.69) is 15.3 Å². The highest BCUT2D eigenvalue weighted by molar-refractivity contribution is 7.71. The summed E-state index contributed by atoms with van der Waals surface area (Å²) in [7, 11) is 0. The van der Waals surface area contributed by atoms with Gasteiger partial charge in [-0.3, -0.25) is 10.1 Å². The second-order valence-corrected chi connectivity index (χ2v) is 5.13. The third-order valence-corrected chi connectivity index (χ3v) is 3.43. The summed E-state index contributed by atoms with van der Waals surface area (Å²) in [5.41, 5.74) is 0.692. The largest absolute Gasteiger partial charge is 0.270 e. The third-order valence-electron chi connectivity index (χ3n) is 3.17. The van der Waals surface area contributed by atoms with E-state index in [0.29, 0.717) is 5.56 Å². The molecular formula is C15H10FN5O2S. The van der Waals surface area contributed by atoms with Crippen LogP contribution in [0.15, 0.2) is 53.6 Å². The summed E-state index contributed by atoms with van der Waals surface area (Å²) < 4.78 is 15.4. The normalized spacial score (nSPS) is 11.0. The molecule has 0 spiro atoms. The molecule has 0 atom stereocenters. The number of halogens is 1. The van der Waals surface area contributed by atoms with Gasteiger partial charge in [-0.2, -0.15) is 14.9 Å². The lowest BCUT2D eigenvalue weighted by Gasteiger charge is -2.02. The summed E-state index contributed by atoms with van der Waals surface area (Å²) in [6.45, 7) is 0. The molecule has 0 bridgehead atoms. The van der Waals surface area contributed by atoms with Crippen molar-refractivity contribution in [3.63, 3.8) is 0 Å². The number of hydrogen-bond donors (Lipinski definition) is 1. The van der Waals surface area contributed by atoms with Gasteiger partial charge in [0, 0.05) is 17.7 Å². The van der Waals surface area contributed by atoms with Crippen molar-refractivity contribution in [1.82, 2.24) is 14.9 Å². The van der Waals surface area contributed by atoms with Gasteiger partial charge in [-0.05, 0) is 24.4 Å². The Balaban J connectivity index is 2.01. The molecule has 2 aromatic carbocycles. The monoisotopic (exact) mass is 343 g/mol. The summed E-state index contributed by atoms with van der Waals surface area (Å²) >= 11 is 5.10. The maximum Gasteiger partial charge on any atom is 0.270 e. The molecule has 0 radical (unpaired) electrons. The molecule has 0 amide bonds. The van der Waals surface area contributed by atoms with Crippen LogP contribution in [0.5, 0.6) is 0 Å². The lowest BCUT2D eigenvalue weighted by molar-refractivity contribution is -0.384. The Hall–Kier alpha value is -3.20. The van der Waals surface area contributed by atoms with Gasteiger partial charge in [0.2, 0.25) is 4.77 Å². The molecule has 0 aliphatic heterocycles. The Morgan fingerprint density at radius 3 is 2.83 bits per heavy atom. The number of nitrogens with one attached hydrogen (secondary N) is 1. The van der Waals surface area contributed by atoms with E-state index in [9.17, 15) is 14.5 Å². The smallest absolute Gasteiger partial charge is 0.258 e. The average Bonchev–Trinajstić information content (AvgIpc) is 2.94. The fourth-order valence-electron chi connectivity index (χ4n) is 2.06. The summed E-state index contributed by atoms with van der Waals surface area (Å²) in [6, 6.07) is 12.1. The zero-order valence-electron chi connectivity index (χ0n) is 12.1. The van der Waals surface area contributed by atoms with Gasteiger partial charge in [-0.15, -0.1) is 0 Å². The molecule has 7 nitrogen and oxygen atoms in total. The standard InChI is InChI=1S/C15H10FN5O2S/c16-13-7-2-1-6-12(13)14-18-19-15(24)20(14)17-9-10-4-3-5-11(8-10)21(22)23/h1-9H,(H,19,24)/b17-9+. The predicted molar refractivity (Wildman–Crippen MR) is 88.9 cm³/mol. The van der Waals surface area contributed by atoms with Crippen LogP contribution < -0.4 is 0 Å². The van der Waals surface area contributed by atoms with Crippen molar-refractivity contribution in [3.05, 3.63) is 74.8 Å². The first-order valence-electron chi connectivity index (χ1n) is 6.77. The van der Waals surface area contributed by atoms with Crippen molar-refractivity contribution in [1.29, 1.82) is 0 Å². The quantitative estimate of drug-likeness (QED) is 0.340. The fraction of sp³-hybridized carbons (Fsp3) is 0. The molecule has 0 fully saturated rings. The van der Waals surface area contributed by atoms with Crippen LogP contribution in [-0.2, 0) is 0 Å². The fourth-order valence-corrected chi connectivity index (χ4v) is 2.24. The summed E-state index contributed by atoms with van der Waals surface area (Å²) in [6.07, 6.45) is 1.39. The summed E-state index contributed by atoms with van der Waals surface area (Å²) in [5.74, 6) is -0.252. The maximum atomic E-state index is 13.9. The summed E-state index contributed by atoms with van der Waals surface area (Å²) in [4.78, 5) is 10.3. The minimum atomic E-state index is -0.494. The van der Waals surface area contributed by atoms with Gasteiger partial charge in [-0.1, -0.05) is 24.3 Å². The van der Waals surface area contributed by atoms with Crippen LogP contribution in [-0.4, -0.2) is 26.0 Å². The van der Waals surface area contributed by atoms with Crippen LogP contribution in [0.25, 0.3) is 11.4 Å². The van der Waals surface area contributed by atoms with Crippen molar-refractivity contribution in [2.24, 2.45) is 5.10 Å². The van der Waals surface area contributed by atoms with E-state index in [0.717, 1.165) is 0 Å². The molecule has 0 unspecified atom stereocenters. The maximum absolute atomic E-state index is 13.9. The van der Waals surface area contributed by atoms with Crippen LogP contribution in [0.3, 0.4) is 0 Å². The number of hydrogen-bond acceptors (Lipinski definition) is 5. The zero-order chi connectivity index (χ0) is 17.1. The van der Waals surface area contributed by atoms with E-state index >= 15 is 0 Å². The highest BCUT2D eigenvalue weighted by atomic mass is 32.1. The van der Waals surface area contributed by atoms with E-state index in [1.54, 1.807) is 30.3 Å². The first kappa shape index (κ1) is 15.7. The van der Waals surface area contributed by atoms with Gasteiger partial charge in [0.25, 0.3) is 5.69 Å². The highest BCUT2D eigenvalue weighted by Gasteiger charge is 2.12. The van der Waals surface area contributed by atoms with Crippen LogP contribution in [0.2, 0.25) is 0 Å². The van der Waals surface area contributed by atoms with E-state index < -0.39 is 10.7 Å². The third kappa shape index (κ3) is 3.10. The Bertz CT molecular complexity index is 995. The molecule has 0 saturated heterocycles. The Morgan fingerprint density at radius 2 is 2.08 bits per heavy atom. The van der Waals surface area contributed by atoms with Crippen LogP contribution in [0, 0.1) is 20.7 Å².